The molecule has 0 bridgehead atoms. The summed E-state index contributed by atoms with van der Waals surface area (Å²) in [5, 5.41) is 10.3. The van der Waals surface area contributed by atoms with Crippen LogP contribution < -0.4 is 14.2 Å². The number of benzene rings is 3. The summed E-state index contributed by atoms with van der Waals surface area (Å²) in [6.07, 6.45) is 1.61. The quantitative estimate of drug-likeness (QED) is 0.250. The lowest BCUT2D eigenvalue weighted by Crippen LogP contribution is -2.16. The van der Waals surface area contributed by atoms with Gasteiger partial charge in [-0.05, 0) is 49.4 Å². The maximum atomic E-state index is 6.52. The third-order valence-corrected chi connectivity index (χ3v) is 7.34. The fraction of sp³-hybridized carbons (Fsp3) is 0.133. The molecule has 1 atom stereocenters. The fourth-order valence-corrected chi connectivity index (χ4v) is 5.42. The van der Waals surface area contributed by atoms with Gasteiger partial charge in [0.1, 0.15) is 17.8 Å². The lowest BCUT2D eigenvalue weighted by Gasteiger charge is -2.27. The van der Waals surface area contributed by atoms with Crippen molar-refractivity contribution in [1.29, 1.82) is 0 Å². The second-order valence-electron chi connectivity index (χ2n) is 9.34. The number of aromatic nitrogens is 6. The summed E-state index contributed by atoms with van der Waals surface area (Å²) in [6, 6.07) is 23.0. The van der Waals surface area contributed by atoms with E-state index < -0.39 is 0 Å². The highest BCUT2D eigenvalue weighted by molar-refractivity contribution is 6.30. The highest BCUT2D eigenvalue weighted by Crippen LogP contribution is 2.51. The van der Waals surface area contributed by atoms with Gasteiger partial charge in [0.15, 0.2) is 11.5 Å². The van der Waals surface area contributed by atoms with Gasteiger partial charge >= 0.3 is 0 Å². The van der Waals surface area contributed by atoms with E-state index in [2.05, 4.69) is 4.98 Å². The highest BCUT2D eigenvalue weighted by atomic mass is 35.5. The van der Waals surface area contributed by atoms with Gasteiger partial charge in [0.05, 0.1) is 48.2 Å². The molecule has 3 aromatic carbocycles. The van der Waals surface area contributed by atoms with E-state index in [0.29, 0.717) is 34.0 Å². The monoisotopic (exact) mass is 550 g/mol. The molecule has 0 aliphatic carbocycles. The zero-order valence-electron chi connectivity index (χ0n) is 21.9. The first-order valence-corrected chi connectivity index (χ1v) is 13.0. The van der Waals surface area contributed by atoms with E-state index in [1.807, 2.05) is 79.7 Å². The van der Waals surface area contributed by atoms with E-state index in [1.54, 1.807) is 29.7 Å². The first-order valence-electron chi connectivity index (χ1n) is 12.6. The van der Waals surface area contributed by atoms with Crippen LogP contribution in [-0.4, -0.2) is 43.6 Å². The van der Waals surface area contributed by atoms with Crippen molar-refractivity contribution in [2.24, 2.45) is 0 Å². The van der Waals surface area contributed by atoms with Crippen LogP contribution >= 0.6 is 11.6 Å². The molecular weight excluding hydrogens is 528 g/mol. The van der Waals surface area contributed by atoms with Gasteiger partial charge in [-0.3, -0.25) is 0 Å². The third-order valence-electron chi connectivity index (χ3n) is 7.09. The summed E-state index contributed by atoms with van der Waals surface area (Å²) in [4.78, 5) is 9.67. The van der Waals surface area contributed by atoms with E-state index in [1.165, 1.54) is 0 Å². The van der Waals surface area contributed by atoms with Gasteiger partial charge in [-0.1, -0.05) is 41.9 Å². The van der Waals surface area contributed by atoms with E-state index in [-0.39, 0.29) is 5.92 Å². The van der Waals surface area contributed by atoms with E-state index in [4.69, 9.17) is 41.0 Å². The second-order valence-corrected chi connectivity index (χ2v) is 9.77. The van der Waals surface area contributed by atoms with Crippen LogP contribution in [-0.2, 0) is 0 Å². The maximum Gasteiger partial charge on any atom is 0.230 e. The molecular formula is C30H23ClN6O3. The van der Waals surface area contributed by atoms with Crippen molar-refractivity contribution in [3.8, 4) is 40.3 Å². The molecule has 0 fully saturated rings. The number of halogens is 1. The summed E-state index contributed by atoms with van der Waals surface area (Å²) in [6.45, 7) is 1.97. The molecule has 3 aromatic heterocycles. The van der Waals surface area contributed by atoms with Crippen molar-refractivity contribution in [2.45, 2.75) is 12.8 Å². The van der Waals surface area contributed by atoms with Gasteiger partial charge in [0, 0.05) is 10.6 Å². The summed E-state index contributed by atoms with van der Waals surface area (Å²) in [5.74, 6) is 2.58. The lowest BCUT2D eigenvalue weighted by molar-refractivity contribution is 0.393. The molecule has 1 aliphatic heterocycles. The first kappa shape index (κ1) is 24.2. The topological polar surface area (TPSA) is 88.6 Å². The smallest absolute Gasteiger partial charge is 0.230 e. The highest BCUT2D eigenvalue weighted by Gasteiger charge is 2.39. The molecule has 0 saturated carbocycles. The number of nitrogens with zero attached hydrogens (tertiary/aromatic N) is 6. The Morgan fingerprint density at radius 3 is 2.35 bits per heavy atom. The molecule has 40 heavy (non-hydrogen) atoms. The van der Waals surface area contributed by atoms with Gasteiger partial charge in [-0.2, -0.15) is 5.10 Å². The molecule has 0 N–H and O–H groups in total. The van der Waals surface area contributed by atoms with Crippen molar-refractivity contribution in [2.75, 3.05) is 14.2 Å². The molecule has 198 valence electrons. The van der Waals surface area contributed by atoms with Crippen LogP contribution in [0.4, 0.5) is 0 Å². The SMILES string of the molecule is COc1ccccc1-c1nc2c3c(ncn2n1)Oc1c(c(C)nn1-c1ccc(Cl)cc1)C3c1ccccc1OC. The first-order chi connectivity index (χ1) is 19.6. The summed E-state index contributed by atoms with van der Waals surface area (Å²) in [5.41, 5.74) is 5.62. The predicted molar refractivity (Wildman–Crippen MR) is 150 cm³/mol. The second kappa shape index (κ2) is 9.39. The van der Waals surface area contributed by atoms with Crippen LogP contribution in [0.25, 0.3) is 22.7 Å². The molecule has 0 radical (unpaired) electrons. The Bertz CT molecular complexity index is 1900. The van der Waals surface area contributed by atoms with E-state index in [9.17, 15) is 0 Å². The zero-order chi connectivity index (χ0) is 27.4. The Hall–Kier alpha value is -4.89. The summed E-state index contributed by atoms with van der Waals surface area (Å²) < 4.78 is 21.4. The largest absolute Gasteiger partial charge is 0.496 e. The number of hydrogen-bond acceptors (Lipinski definition) is 7. The predicted octanol–water partition coefficient (Wildman–Crippen LogP) is 6.24. The van der Waals surface area contributed by atoms with E-state index >= 15 is 0 Å². The molecule has 6 aromatic rings. The number of rotatable bonds is 5. The number of ether oxygens (including phenoxy) is 3. The summed E-state index contributed by atoms with van der Waals surface area (Å²) in [7, 11) is 3.30. The Labute approximate surface area is 234 Å². The maximum absolute atomic E-state index is 6.52. The molecule has 0 saturated heterocycles. The van der Waals surface area contributed by atoms with Crippen molar-refractivity contribution in [1.82, 2.24) is 29.4 Å². The van der Waals surface area contributed by atoms with Crippen molar-refractivity contribution < 1.29 is 14.2 Å². The van der Waals surface area contributed by atoms with Gasteiger partial charge in [-0.25, -0.2) is 19.2 Å². The van der Waals surface area contributed by atoms with Crippen molar-refractivity contribution in [3.63, 3.8) is 0 Å². The van der Waals surface area contributed by atoms with Gasteiger partial charge < -0.3 is 14.2 Å². The minimum absolute atomic E-state index is 0.345. The van der Waals surface area contributed by atoms with Gasteiger partial charge in [0.25, 0.3) is 0 Å². The molecule has 4 heterocycles. The Balaban J connectivity index is 1.50. The molecule has 1 aliphatic rings. The Morgan fingerprint density at radius 1 is 0.850 bits per heavy atom. The Kier molecular flexibility index (Phi) is 5.67. The van der Waals surface area contributed by atoms with Gasteiger partial charge in [0.2, 0.25) is 11.8 Å². The van der Waals surface area contributed by atoms with Crippen molar-refractivity contribution in [3.05, 3.63) is 107 Å². The number of fused-ring (bicyclic) bond motifs is 4. The molecule has 1 unspecified atom stereocenters. The molecule has 0 spiro atoms. The average Bonchev–Trinajstić information content (AvgIpc) is 3.57. The number of hydrogen-bond donors (Lipinski definition) is 0. The minimum atomic E-state index is -0.345. The minimum Gasteiger partial charge on any atom is -0.496 e. The number of para-hydroxylation sites is 2. The van der Waals surface area contributed by atoms with Gasteiger partial charge in [-0.15, -0.1) is 5.10 Å². The molecule has 10 heteroatoms. The van der Waals surface area contributed by atoms with E-state index in [0.717, 1.165) is 39.4 Å². The van der Waals surface area contributed by atoms with Crippen LogP contribution in [0.3, 0.4) is 0 Å². The third kappa shape index (κ3) is 3.70. The van der Waals surface area contributed by atoms with Crippen LogP contribution in [0.5, 0.6) is 23.3 Å². The Morgan fingerprint density at radius 2 is 1.57 bits per heavy atom. The van der Waals surface area contributed by atoms with Crippen molar-refractivity contribution >= 4 is 17.2 Å². The number of methoxy groups -OCH3 is 2. The molecule has 9 nitrogen and oxygen atoms in total. The van der Waals surface area contributed by atoms with Crippen LogP contribution in [0.2, 0.25) is 5.02 Å². The molecule has 0 amide bonds. The fourth-order valence-electron chi connectivity index (χ4n) is 5.29. The summed E-state index contributed by atoms with van der Waals surface area (Å²) >= 11 is 6.16. The zero-order valence-corrected chi connectivity index (χ0v) is 22.6. The number of aryl methyl sites for hydroxylation is 1. The lowest BCUT2D eigenvalue weighted by atomic mass is 9.84. The average molecular weight is 551 g/mol. The van der Waals surface area contributed by atoms with Crippen LogP contribution in [0.1, 0.15) is 28.3 Å². The standard InChI is InChI=1S/C30H23ClN6O3/c1-17-24-25(20-8-4-6-10-22(20)38-2)26-28-33-27(21-9-5-7-11-23(21)39-3)35-36(28)16-32-29(26)40-30(24)37(34-17)19-14-12-18(31)13-15-19/h4-16,25H,1-3H3. The normalized spacial score (nSPS) is 13.9. The van der Waals surface area contributed by atoms with Crippen LogP contribution in [0.15, 0.2) is 79.1 Å². The molecule has 7 rings (SSSR count). The van der Waals surface area contributed by atoms with Crippen LogP contribution in [0, 0.1) is 6.92 Å².